The number of sulfone groups is 1. The summed E-state index contributed by atoms with van der Waals surface area (Å²) in [6.45, 7) is 4.23. The van der Waals surface area contributed by atoms with E-state index in [0.29, 0.717) is 12.3 Å². The van der Waals surface area contributed by atoms with Gasteiger partial charge in [-0.15, -0.1) is 0 Å². The minimum Gasteiger partial charge on any atom is -0.228 e. The van der Waals surface area contributed by atoms with Crippen LogP contribution in [-0.4, -0.2) is 14.7 Å². The van der Waals surface area contributed by atoms with Crippen molar-refractivity contribution in [3.63, 3.8) is 0 Å². The Hall–Kier alpha value is -0.830. The minimum atomic E-state index is -3.01. The molecule has 1 aromatic carbocycles. The van der Waals surface area contributed by atoms with Crippen LogP contribution in [0.3, 0.4) is 0 Å². The van der Waals surface area contributed by atoms with Crippen molar-refractivity contribution in [3.8, 4) is 0 Å². The number of hydrogen-bond donors (Lipinski definition) is 0. The molecule has 0 N–H and O–H groups in total. The average molecular weight is 240 g/mol. The molecule has 16 heavy (non-hydrogen) atoms. The predicted molar refractivity (Wildman–Crippen MR) is 68.1 cm³/mol. The van der Waals surface area contributed by atoms with E-state index in [0.717, 1.165) is 12.0 Å². The third kappa shape index (κ3) is 3.97. The summed E-state index contributed by atoms with van der Waals surface area (Å²) < 4.78 is 23.5. The Kier molecular flexibility index (Phi) is 4.54. The van der Waals surface area contributed by atoms with E-state index in [1.54, 1.807) is 0 Å². The summed E-state index contributed by atoms with van der Waals surface area (Å²) in [5, 5.41) is -0.351. The number of hydrogen-bond acceptors (Lipinski definition) is 2. The maximum atomic E-state index is 11.7. The van der Waals surface area contributed by atoms with Crippen molar-refractivity contribution in [2.45, 2.75) is 31.9 Å². The molecule has 0 saturated heterocycles. The topological polar surface area (TPSA) is 34.1 Å². The largest absolute Gasteiger partial charge is 0.228 e. The molecule has 90 valence electrons. The van der Waals surface area contributed by atoms with E-state index in [4.69, 9.17) is 0 Å². The quantitative estimate of drug-likeness (QED) is 0.792. The van der Waals surface area contributed by atoms with E-state index in [9.17, 15) is 8.42 Å². The molecule has 1 atom stereocenters. The lowest BCUT2D eigenvalue weighted by molar-refractivity contribution is 0.528. The molecule has 0 aliphatic heterocycles. The Balaban J connectivity index is 2.90. The second-order valence-electron chi connectivity index (χ2n) is 4.70. The maximum Gasteiger partial charge on any atom is 0.154 e. The fourth-order valence-corrected chi connectivity index (χ4v) is 3.00. The standard InChI is InChI=1S/C13H20O2S/c1-11(2)9-10-13(16(3,14)15)12-7-5-4-6-8-12/h4-8,11,13H,9-10H2,1-3H3. The van der Waals surface area contributed by atoms with Crippen LogP contribution in [0, 0.1) is 5.92 Å². The summed E-state index contributed by atoms with van der Waals surface area (Å²) in [5.74, 6) is 0.535. The summed E-state index contributed by atoms with van der Waals surface area (Å²) in [6, 6.07) is 9.48. The summed E-state index contributed by atoms with van der Waals surface area (Å²) in [7, 11) is -3.01. The Morgan fingerprint density at radius 2 is 1.62 bits per heavy atom. The Labute approximate surface area is 98.6 Å². The highest BCUT2D eigenvalue weighted by Gasteiger charge is 2.22. The Morgan fingerprint density at radius 1 is 1.06 bits per heavy atom. The third-order valence-corrected chi connectivity index (χ3v) is 4.24. The van der Waals surface area contributed by atoms with E-state index in [1.165, 1.54) is 6.26 Å². The molecule has 0 fully saturated rings. The lowest BCUT2D eigenvalue weighted by Gasteiger charge is -2.16. The van der Waals surface area contributed by atoms with E-state index < -0.39 is 9.84 Å². The van der Waals surface area contributed by atoms with Gasteiger partial charge in [0.1, 0.15) is 0 Å². The van der Waals surface area contributed by atoms with Gasteiger partial charge in [-0.1, -0.05) is 44.2 Å². The van der Waals surface area contributed by atoms with E-state index in [-0.39, 0.29) is 5.25 Å². The molecule has 0 aromatic heterocycles. The zero-order valence-electron chi connectivity index (χ0n) is 10.2. The first-order valence-corrected chi connectivity index (χ1v) is 7.60. The van der Waals surface area contributed by atoms with Gasteiger partial charge in [0, 0.05) is 6.26 Å². The number of rotatable bonds is 5. The molecule has 3 heteroatoms. The molecule has 0 saturated carbocycles. The molecular weight excluding hydrogens is 220 g/mol. The van der Waals surface area contributed by atoms with Crippen molar-refractivity contribution in [2.75, 3.05) is 6.26 Å². The molecule has 0 radical (unpaired) electrons. The Bertz CT molecular complexity index is 407. The molecule has 0 aliphatic carbocycles. The first-order chi connectivity index (χ1) is 7.41. The van der Waals surface area contributed by atoms with Gasteiger partial charge in [-0.25, -0.2) is 8.42 Å². The van der Waals surface area contributed by atoms with Crippen LogP contribution in [-0.2, 0) is 9.84 Å². The first-order valence-electron chi connectivity index (χ1n) is 5.65. The van der Waals surface area contributed by atoms with E-state index >= 15 is 0 Å². The molecule has 0 spiro atoms. The van der Waals surface area contributed by atoms with Crippen molar-refractivity contribution in [1.82, 2.24) is 0 Å². The van der Waals surface area contributed by atoms with Gasteiger partial charge < -0.3 is 0 Å². The molecule has 0 heterocycles. The molecule has 0 amide bonds. The predicted octanol–water partition coefficient (Wildman–Crippen LogP) is 3.21. The van der Waals surface area contributed by atoms with Crippen LogP contribution in [0.2, 0.25) is 0 Å². The van der Waals surface area contributed by atoms with Gasteiger partial charge in [0.15, 0.2) is 9.84 Å². The fourth-order valence-electron chi connectivity index (χ4n) is 1.78. The highest BCUT2D eigenvalue weighted by molar-refractivity contribution is 7.90. The summed E-state index contributed by atoms with van der Waals surface area (Å²) in [6.07, 6.45) is 2.97. The molecule has 1 aromatic rings. The smallest absolute Gasteiger partial charge is 0.154 e. The zero-order chi connectivity index (χ0) is 12.2. The van der Waals surface area contributed by atoms with Crippen LogP contribution in [0.1, 0.15) is 37.5 Å². The van der Waals surface area contributed by atoms with E-state index in [1.807, 2.05) is 30.3 Å². The summed E-state index contributed by atoms with van der Waals surface area (Å²) in [5.41, 5.74) is 0.908. The molecule has 1 unspecified atom stereocenters. The average Bonchev–Trinajstić information content (AvgIpc) is 2.17. The van der Waals surface area contributed by atoms with Crippen molar-refractivity contribution < 1.29 is 8.42 Å². The molecule has 2 nitrogen and oxygen atoms in total. The molecule has 0 aliphatic rings. The highest BCUT2D eigenvalue weighted by atomic mass is 32.2. The Morgan fingerprint density at radius 3 is 2.06 bits per heavy atom. The van der Waals surface area contributed by atoms with Crippen molar-refractivity contribution in [3.05, 3.63) is 35.9 Å². The second-order valence-corrected chi connectivity index (χ2v) is 6.93. The van der Waals surface area contributed by atoms with Crippen molar-refractivity contribution in [1.29, 1.82) is 0 Å². The summed E-state index contributed by atoms with van der Waals surface area (Å²) >= 11 is 0. The normalized spacial score (nSPS) is 14.0. The fraction of sp³-hybridized carbons (Fsp3) is 0.538. The first kappa shape index (κ1) is 13.2. The van der Waals surface area contributed by atoms with Crippen LogP contribution >= 0.6 is 0 Å². The van der Waals surface area contributed by atoms with Crippen LogP contribution < -0.4 is 0 Å². The van der Waals surface area contributed by atoms with Gasteiger partial charge in [0.25, 0.3) is 0 Å². The van der Waals surface area contributed by atoms with Crippen LogP contribution in [0.15, 0.2) is 30.3 Å². The highest BCUT2D eigenvalue weighted by Crippen LogP contribution is 2.28. The lowest BCUT2D eigenvalue weighted by Crippen LogP contribution is -2.12. The number of benzene rings is 1. The molecule has 0 bridgehead atoms. The van der Waals surface area contributed by atoms with Gasteiger partial charge >= 0.3 is 0 Å². The van der Waals surface area contributed by atoms with Crippen molar-refractivity contribution in [2.24, 2.45) is 5.92 Å². The SMILES string of the molecule is CC(C)CCC(c1ccccc1)S(C)(=O)=O. The van der Waals surface area contributed by atoms with Gasteiger partial charge in [-0.3, -0.25) is 0 Å². The van der Waals surface area contributed by atoms with Crippen LogP contribution in [0.4, 0.5) is 0 Å². The van der Waals surface area contributed by atoms with Gasteiger partial charge in [-0.2, -0.15) is 0 Å². The lowest BCUT2D eigenvalue weighted by atomic mass is 10.0. The minimum absolute atomic E-state index is 0.351. The van der Waals surface area contributed by atoms with Gasteiger partial charge in [-0.05, 0) is 24.3 Å². The van der Waals surface area contributed by atoms with Crippen LogP contribution in [0.25, 0.3) is 0 Å². The van der Waals surface area contributed by atoms with Gasteiger partial charge in [0.05, 0.1) is 5.25 Å². The summed E-state index contributed by atoms with van der Waals surface area (Å²) in [4.78, 5) is 0. The zero-order valence-corrected chi connectivity index (χ0v) is 11.0. The van der Waals surface area contributed by atoms with Crippen LogP contribution in [0.5, 0.6) is 0 Å². The molecule has 1 rings (SSSR count). The maximum absolute atomic E-state index is 11.7. The molecular formula is C13H20O2S. The van der Waals surface area contributed by atoms with Gasteiger partial charge in [0.2, 0.25) is 0 Å². The second kappa shape index (κ2) is 5.48. The third-order valence-electron chi connectivity index (χ3n) is 2.69. The monoisotopic (exact) mass is 240 g/mol. The van der Waals surface area contributed by atoms with Crippen molar-refractivity contribution >= 4 is 9.84 Å². The van der Waals surface area contributed by atoms with E-state index in [2.05, 4.69) is 13.8 Å².